The Morgan fingerprint density at radius 2 is 1.92 bits per heavy atom. The number of aromatic amines is 1. The van der Waals surface area contributed by atoms with E-state index in [0.29, 0.717) is 10.9 Å². The van der Waals surface area contributed by atoms with Crippen LogP contribution in [0.5, 0.6) is 5.88 Å². The van der Waals surface area contributed by atoms with Crippen LogP contribution < -0.4 is 0 Å². The van der Waals surface area contributed by atoms with Gasteiger partial charge in [0.1, 0.15) is 5.02 Å². The van der Waals surface area contributed by atoms with E-state index in [1.165, 1.54) is 0 Å². The molecule has 0 saturated carbocycles. The number of halogens is 1. The number of nitro groups is 1. The average molecular weight is 381 g/mol. The van der Waals surface area contributed by atoms with E-state index in [9.17, 15) is 23.6 Å². The highest BCUT2D eigenvalue weighted by atomic mass is 35.5. The maximum atomic E-state index is 12.2. The monoisotopic (exact) mass is 380 g/mol. The first-order valence-electron chi connectivity index (χ1n) is 6.71. The lowest BCUT2D eigenvalue weighted by Crippen LogP contribution is -1.98. The van der Waals surface area contributed by atoms with Gasteiger partial charge in [0.15, 0.2) is 5.69 Å². The molecule has 0 aliphatic heterocycles. The normalized spacial score (nSPS) is 12.0. The van der Waals surface area contributed by atoms with Gasteiger partial charge in [0, 0.05) is 11.5 Å². The van der Waals surface area contributed by atoms with E-state index in [1.807, 2.05) is 0 Å². The molecule has 0 spiro atoms. The fourth-order valence-corrected chi connectivity index (χ4v) is 3.12. The summed E-state index contributed by atoms with van der Waals surface area (Å²) in [6.45, 7) is 0. The van der Waals surface area contributed by atoms with Gasteiger partial charge < -0.3 is 10.1 Å². The van der Waals surface area contributed by atoms with Gasteiger partial charge in [-0.3, -0.25) is 10.1 Å². The molecule has 11 heteroatoms. The lowest BCUT2D eigenvalue weighted by Gasteiger charge is -1.99. The SMILES string of the molecule is O=[N+]([O-])c1cc(S(=O)(=O)N=Nc2c(O)[nH]c3ccccc23)ccc1Cl. The molecule has 0 radical (unpaired) electrons. The molecule has 1 heterocycles. The van der Waals surface area contributed by atoms with E-state index in [-0.39, 0.29) is 16.6 Å². The van der Waals surface area contributed by atoms with Crippen LogP contribution in [0.2, 0.25) is 5.02 Å². The summed E-state index contributed by atoms with van der Waals surface area (Å²) < 4.78 is 27.7. The Labute approximate surface area is 145 Å². The molecule has 0 unspecified atom stereocenters. The second kappa shape index (κ2) is 6.15. The number of aromatic nitrogens is 1. The van der Waals surface area contributed by atoms with Crippen molar-refractivity contribution in [3.8, 4) is 5.88 Å². The van der Waals surface area contributed by atoms with Gasteiger partial charge in [-0.05, 0) is 18.2 Å². The number of hydrogen-bond acceptors (Lipinski definition) is 6. The van der Waals surface area contributed by atoms with Crippen LogP contribution in [0.4, 0.5) is 11.4 Å². The van der Waals surface area contributed by atoms with E-state index in [2.05, 4.69) is 14.6 Å². The average Bonchev–Trinajstić information content (AvgIpc) is 2.88. The van der Waals surface area contributed by atoms with Gasteiger partial charge in [0.05, 0.1) is 15.3 Å². The molecule has 2 N–H and O–H groups in total. The number of fused-ring (bicyclic) bond motifs is 1. The number of aromatic hydroxyl groups is 1. The van der Waals surface area contributed by atoms with Crippen molar-refractivity contribution in [2.45, 2.75) is 4.90 Å². The molecule has 1 aromatic heterocycles. The molecule has 128 valence electrons. The first-order chi connectivity index (χ1) is 11.8. The van der Waals surface area contributed by atoms with Crippen LogP contribution in [0.3, 0.4) is 0 Å². The largest absolute Gasteiger partial charge is 0.493 e. The Hall–Kier alpha value is -2.98. The van der Waals surface area contributed by atoms with Gasteiger partial charge in [0.25, 0.3) is 15.7 Å². The summed E-state index contributed by atoms with van der Waals surface area (Å²) >= 11 is 5.66. The van der Waals surface area contributed by atoms with Gasteiger partial charge in [0.2, 0.25) is 5.88 Å². The molecule has 0 atom stereocenters. The number of nitro benzene ring substituents is 1. The van der Waals surface area contributed by atoms with Crippen molar-refractivity contribution in [1.29, 1.82) is 0 Å². The van der Waals surface area contributed by atoms with E-state index >= 15 is 0 Å². The number of sulfonamides is 1. The second-order valence-electron chi connectivity index (χ2n) is 4.89. The van der Waals surface area contributed by atoms with E-state index in [0.717, 1.165) is 18.2 Å². The summed E-state index contributed by atoms with van der Waals surface area (Å²) in [5.41, 5.74) is -0.0657. The third kappa shape index (κ3) is 3.16. The number of hydrogen-bond donors (Lipinski definition) is 2. The Morgan fingerprint density at radius 1 is 1.20 bits per heavy atom. The zero-order valence-corrected chi connectivity index (χ0v) is 13.8. The van der Waals surface area contributed by atoms with Crippen molar-refractivity contribution in [3.05, 3.63) is 57.6 Å². The predicted molar refractivity (Wildman–Crippen MR) is 89.8 cm³/mol. The topological polar surface area (TPSA) is 138 Å². The lowest BCUT2D eigenvalue weighted by molar-refractivity contribution is -0.384. The van der Waals surface area contributed by atoms with Crippen molar-refractivity contribution < 1.29 is 18.4 Å². The molecule has 0 amide bonds. The van der Waals surface area contributed by atoms with Crippen LogP contribution in [-0.2, 0) is 10.0 Å². The van der Waals surface area contributed by atoms with Crippen molar-refractivity contribution in [1.82, 2.24) is 4.98 Å². The second-order valence-corrected chi connectivity index (χ2v) is 6.89. The molecule has 9 nitrogen and oxygen atoms in total. The third-order valence-corrected chi connectivity index (χ3v) is 4.79. The van der Waals surface area contributed by atoms with Gasteiger partial charge in [-0.25, -0.2) is 0 Å². The molecular formula is C14H9ClN4O5S. The summed E-state index contributed by atoms with van der Waals surface area (Å²) in [5.74, 6) is -0.345. The Kier molecular flexibility index (Phi) is 4.15. The van der Waals surface area contributed by atoms with Crippen molar-refractivity contribution in [2.75, 3.05) is 0 Å². The molecule has 3 aromatic rings. The van der Waals surface area contributed by atoms with Crippen LogP contribution in [0.15, 0.2) is 57.0 Å². The quantitative estimate of drug-likeness (QED) is 0.401. The number of para-hydroxylation sites is 1. The molecule has 0 aliphatic rings. The van der Waals surface area contributed by atoms with E-state index in [4.69, 9.17) is 11.6 Å². The highest BCUT2D eigenvalue weighted by molar-refractivity contribution is 7.90. The molecule has 2 aromatic carbocycles. The Balaban J connectivity index is 2.04. The summed E-state index contributed by atoms with van der Waals surface area (Å²) in [5, 5.41) is 24.6. The zero-order valence-electron chi connectivity index (χ0n) is 12.2. The summed E-state index contributed by atoms with van der Waals surface area (Å²) in [4.78, 5) is 12.3. The summed E-state index contributed by atoms with van der Waals surface area (Å²) in [6, 6.07) is 9.68. The van der Waals surface area contributed by atoms with Gasteiger partial charge in [-0.15, -0.1) is 5.11 Å². The fraction of sp³-hybridized carbons (Fsp3) is 0. The summed E-state index contributed by atoms with van der Waals surface area (Å²) in [7, 11) is -4.32. The zero-order chi connectivity index (χ0) is 18.2. The molecule has 0 saturated heterocycles. The maximum absolute atomic E-state index is 12.2. The fourth-order valence-electron chi connectivity index (χ4n) is 2.15. The number of nitrogens with one attached hydrogen (secondary N) is 1. The molecule has 0 bridgehead atoms. The van der Waals surface area contributed by atoms with Crippen molar-refractivity contribution >= 4 is 43.9 Å². The van der Waals surface area contributed by atoms with Crippen molar-refractivity contribution in [3.63, 3.8) is 0 Å². The highest BCUT2D eigenvalue weighted by Gasteiger charge is 2.21. The first kappa shape index (κ1) is 16.9. The predicted octanol–water partition coefficient (Wildman–Crippen LogP) is 3.91. The molecule has 25 heavy (non-hydrogen) atoms. The minimum absolute atomic E-state index is 0.0531. The number of H-pyrrole nitrogens is 1. The smallest absolute Gasteiger partial charge is 0.300 e. The molecule has 3 rings (SSSR count). The van der Waals surface area contributed by atoms with Crippen LogP contribution in [-0.4, -0.2) is 23.4 Å². The third-order valence-electron chi connectivity index (χ3n) is 3.32. The van der Waals surface area contributed by atoms with Crippen LogP contribution in [0.25, 0.3) is 10.9 Å². The first-order valence-corrected chi connectivity index (χ1v) is 8.53. The maximum Gasteiger partial charge on any atom is 0.300 e. The van der Waals surface area contributed by atoms with Gasteiger partial charge in [-0.2, -0.15) is 8.42 Å². The standard InChI is InChI=1S/C14H9ClN4O5S/c15-10-6-5-8(7-12(10)19(21)22)25(23,24)18-17-13-9-3-1-2-4-11(9)16-14(13)20/h1-7,16,20H. The lowest BCUT2D eigenvalue weighted by atomic mass is 10.2. The number of rotatable bonds is 4. The Morgan fingerprint density at radius 3 is 2.64 bits per heavy atom. The number of nitrogens with zero attached hydrogens (tertiary/aromatic N) is 3. The van der Waals surface area contributed by atoms with Gasteiger partial charge in [-0.1, -0.05) is 34.3 Å². The van der Waals surface area contributed by atoms with Crippen molar-refractivity contribution in [2.24, 2.45) is 9.63 Å². The summed E-state index contributed by atoms with van der Waals surface area (Å²) in [6.07, 6.45) is 0. The van der Waals surface area contributed by atoms with Crippen LogP contribution in [0, 0.1) is 10.1 Å². The molecular weight excluding hydrogens is 372 g/mol. The molecule has 0 fully saturated rings. The Bertz CT molecular complexity index is 1120. The minimum Gasteiger partial charge on any atom is -0.493 e. The molecule has 0 aliphatic carbocycles. The van der Waals surface area contributed by atoms with Gasteiger partial charge >= 0.3 is 0 Å². The minimum atomic E-state index is -4.32. The van der Waals surface area contributed by atoms with Crippen LogP contribution >= 0.6 is 11.6 Å². The van der Waals surface area contributed by atoms with E-state index < -0.39 is 25.5 Å². The highest BCUT2D eigenvalue weighted by Crippen LogP contribution is 2.36. The van der Waals surface area contributed by atoms with E-state index in [1.54, 1.807) is 24.3 Å². The number of benzene rings is 2. The van der Waals surface area contributed by atoms with Crippen LogP contribution in [0.1, 0.15) is 0 Å².